The van der Waals surface area contributed by atoms with Gasteiger partial charge in [-0.15, -0.1) is 0 Å². The van der Waals surface area contributed by atoms with Crippen LogP contribution in [-0.2, 0) is 11.2 Å². The first-order chi connectivity index (χ1) is 15.0. The Kier molecular flexibility index (Phi) is 7.70. The standard InChI is InChI=1S/C26H24ClNO3/c1-18(25(26(29)30)21-10-12-22(27)13-11-21)14-20(17-28)15-19-6-5-9-24(16-19)31-23-7-3-2-4-8-23/h2-13,16,18,20,25H,14-15H2,1H3,(H,29,30). The molecule has 0 saturated heterocycles. The minimum Gasteiger partial charge on any atom is -0.481 e. The molecule has 0 bridgehead atoms. The summed E-state index contributed by atoms with van der Waals surface area (Å²) < 4.78 is 5.88. The molecule has 31 heavy (non-hydrogen) atoms. The van der Waals surface area contributed by atoms with Crippen molar-refractivity contribution in [1.82, 2.24) is 0 Å². The topological polar surface area (TPSA) is 70.3 Å². The number of ether oxygens (including phenoxy) is 1. The highest BCUT2D eigenvalue weighted by atomic mass is 35.5. The van der Waals surface area contributed by atoms with Crippen molar-refractivity contribution in [2.75, 3.05) is 0 Å². The molecule has 0 aliphatic carbocycles. The highest BCUT2D eigenvalue weighted by Crippen LogP contribution is 2.32. The van der Waals surface area contributed by atoms with Crippen LogP contribution < -0.4 is 4.74 Å². The summed E-state index contributed by atoms with van der Waals surface area (Å²) in [7, 11) is 0. The summed E-state index contributed by atoms with van der Waals surface area (Å²) in [4.78, 5) is 11.9. The molecule has 0 aliphatic heterocycles. The van der Waals surface area contributed by atoms with E-state index in [4.69, 9.17) is 16.3 Å². The Labute approximate surface area is 187 Å². The lowest BCUT2D eigenvalue weighted by atomic mass is 9.80. The largest absolute Gasteiger partial charge is 0.481 e. The van der Waals surface area contributed by atoms with Crippen molar-refractivity contribution in [3.63, 3.8) is 0 Å². The summed E-state index contributed by atoms with van der Waals surface area (Å²) in [6.07, 6.45) is 1.000. The molecule has 0 spiro atoms. The number of rotatable bonds is 9. The molecule has 5 heteroatoms. The van der Waals surface area contributed by atoms with Crippen LogP contribution in [0.3, 0.4) is 0 Å². The molecule has 1 N–H and O–H groups in total. The average molecular weight is 434 g/mol. The number of hydrogen-bond donors (Lipinski definition) is 1. The maximum atomic E-state index is 11.9. The van der Waals surface area contributed by atoms with E-state index in [9.17, 15) is 15.2 Å². The molecular formula is C26H24ClNO3. The van der Waals surface area contributed by atoms with Gasteiger partial charge in [-0.25, -0.2) is 0 Å². The molecule has 3 aromatic rings. The Hall–Kier alpha value is -3.29. The van der Waals surface area contributed by atoms with Gasteiger partial charge in [0, 0.05) is 5.02 Å². The van der Waals surface area contributed by atoms with Crippen LogP contribution in [0.25, 0.3) is 0 Å². The fraction of sp³-hybridized carbons (Fsp3) is 0.231. The molecule has 3 aromatic carbocycles. The number of carbonyl (C=O) groups is 1. The molecule has 0 aromatic heterocycles. The van der Waals surface area contributed by atoms with Crippen molar-refractivity contribution in [2.24, 2.45) is 11.8 Å². The summed E-state index contributed by atoms with van der Waals surface area (Å²) in [5, 5.41) is 20.1. The number of aliphatic carboxylic acids is 1. The monoisotopic (exact) mass is 433 g/mol. The van der Waals surface area contributed by atoms with Crippen LogP contribution in [0.15, 0.2) is 78.9 Å². The van der Waals surface area contributed by atoms with Gasteiger partial charge in [-0.2, -0.15) is 5.26 Å². The van der Waals surface area contributed by atoms with Gasteiger partial charge in [-0.05, 0) is 66.3 Å². The van der Waals surface area contributed by atoms with Crippen LogP contribution in [0.2, 0.25) is 5.02 Å². The number of halogens is 1. The van der Waals surface area contributed by atoms with Gasteiger partial charge in [0.1, 0.15) is 11.5 Å². The molecule has 3 unspecified atom stereocenters. The van der Waals surface area contributed by atoms with Gasteiger partial charge in [-0.3, -0.25) is 4.79 Å². The quantitative estimate of drug-likeness (QED) is 0.407. The molecule has 0 fully saturated rings. The molecule has 0 radical (unpaired) electrons. The molecule has 0 saturated carbocycles. The van der Waals surface area contributed by atoms with Crippen LogP contribution in [-0.4, -0.2) is 11.1 Å². The van der Waals surface area contributed by atoms with Gasteiger partial charge in [-0.1, -0.05) is 61.0 Å². The van der Waals surface area contributed by atoms with E-state index in [-0.39, 0.29) is 11.8 Å². The summed E-state index contributed by atoms with van der Waals surface area (Å²) in [5.74, 6) is -0.663. The first-order valence-corrected chi connectivity index (χ1v) is 10.5. The van der Waals surface area contributed by atoms with E-state index in [0.29, 0.717) is 29.2 Å². The van der Waals surface area contributed by atoms with Gasteiger partial charge < -0.3 is 9.84 Å². The average Bonchev–Trinajstić information content (AvgIpc) is 2.75. The van der Waals surface area contributed by atoms with E-state index in [0.717, 1.165) is 11.3 Å². The van der Waals surface area contributed by atoms with E-state index in [1.807, 2.05) is 61.5 Å². The number of carboxylic acids is 1. The first-order valence-electron chi connectivity index (χ1n) is 10.2. The summed E-state index contributed by atoms with van der Waals surface area (Å²) in [6.45, 7) is 1.88. The highest BCUT2D eigenvalue weighted by molar-refractivity contribution is 6.30. The summed E-state index contributed by atoms with van der Waals surface area (Å²) in [6, 6.07) is 26.4. The molecule has 0 amide bonds. The van der Waals surface area contributed by atoms with Gasteiger partial charge in [0.15, 0.2) is 0 Å². The van der Waals surface area contributed by atoms with Crippen LogP contribution in [0.5, 0.6) is 11.5 Å². The smallest absolute Gasteiger partial charge is 0.311 e. The van der Waals surface area contributed by atoms with Gasteiger partial charge in [0.2, 0.25) is 0 Å². The summed E-state index contributed by atoms with van der Waals surface area (Å²) in [5.41, 5.74) is 1.67. The van der Waals surface area contributed by atoms with Crippen LogP contribution in [0.1, 0.15) is 30.4 Å². The maximum absolute atomic E-state index is 11.9. The Bertz CT molecular complexity index is 1040. The predicted octanol–water partition coefficient (Wildman–Crippen LogP) is 6.71. The van der Waals surface area contributed by atoms with Crippen molar-refractivity contribution in [3.05, 3.63) is 95.0 Å². The zero-order valence-corrected chi connectivity index (χ0v) is 18.0. The van der Waals surface area contributed by atoms with Crippen LogP contribution in [0.4, 0.5) is 0 Å². The molecular weight excluding hydrogens is 410 g/mol. The van der Waals surface area contributed by atoms with Crippen LogP contribution in [0, 0.1) is 23.2 Å². The molecule has 0 heterocycles. The van der Waals surface area contributed by atoms with Crippen molar-refractivity contribution >= 4 is 17.6 Å². The third-order valence-electron chi connectivity index (χ3n) is 5.26. The van der Waals surface area contributed by atoms with E-state index in [1.165, 1.54) is 0 Å². The van der Waals surface area contributed by atoms with Gasteiger partial charge in [0.05, 0.1) is 17.9 Å². The zero-order valence-electron chi connectivity index (χ0n) is 17.2. The van der Waals surface area contributed by atoms with Crippen molar-refractivity contribution in [2.45, 2.75) is 25.7 Å². The first kappa shape index (κ1) is 22.4. The van der Waals surface area contributed by atoms with Crippen molar-refractivity contribution in [1.29, 1.82) is 5.26 Å². The minimum atomic E-state index is -0.898. The van der Waals surface area contributed by atoms with E-state index >= 15 is 0 Å². The van der Waals surface area contributed by atoms with Crippen LogP contribution >= 0.6 is 11.6 Å². The number of nitrogens with zero attached hydrogens (tertiary/aromatic N) is 1. The number of nitriles is 1. The number of hydrogen-bond acceptors (Lipinski definition) is 3. The Morgan fingerprint density at radius 1 is 1.03 bits per heavy atom. The second-order valence-electron chi connectivity index (χ2n) is 7.67. The second kappa shape index (κ2) is 10.7. The number of benzene rings is 3. The number of carboxylic acid groups (broad SMARTS) is 1. The van der Waals surface area contributed by atoms with E-state index in [2.05, 4.69) is 6.07 Å². The third kappa shape index (κ3) is 6.34. The second-order valence-corrected chi connectivity index (χ2v) is 8.11. The lowest BCUT2D eigenvalue weighted by molar-refractivity contribution is -0.140. The Balaban J connectivity index is 1.69. The molecule has 0 aliphatic rings. The minimum absolute atomic E-state index is 0.216. The van der Waals surface area contributed by atoms with E-state index in [1.54, 1.807) is 24.3 Å². The Morgan fingerprint density at radius 3 is 2.35 bits per heavy atom. The number of para-hydroxylation sites is 1. The normalized spacial score (nSPS) is 13.6. The third-order valence-corrected chi connectivity index (χ3v) is 5.51. The predicted molar refractivity (Wildman–Crippen MR) is 121 cm³/mol. The Morgan fingerprint density at radius 2 is 1.71 bits per heavy atom. The lowest BCUT2D eigenvalue weighted by Gasteiger charge is -2.23. The SMILES string of the molecule is CC(CC(C#N)Cc1cccc(Oc2ccccc2)c1)C(C(=O)O)c1ccc(Cl)cc1. The molecule has 3 atom stereocenters. The summed E-state index contributed by atoms with van der Waals surface area (Å²) >= 11 is 5.94. The fourth-order valence-corrected chi connectivity index (χ4v) is 3.92. The molecule has 4 nitrogen and oxygen atoms in total. The van der Waals surface area contributed by atoms with Gasteiger partial charge in [0.25, 0.3) is 0 Å². The zero-order chi connectivity index (χ0) is 22.2. The maximum Gasteiger partial charge on any atom is 0.311 e. The molecule has 158 valence electrons. The fourth-order valence-electron chi connectivity index (χ4n) is 3.80. The molecule has 3 rings (SSSR count). The van der Waals surface area contributed by atoms with E-state index < -0.39 is 11.9 Å². The van der Waals surface area contributed by atoms with Crippen molar-refractivity contribution in [3.8, 4) is 17.6 Å². The highest BCUT2D eigenvalue weighted by Gasteiger charge is 2.28. The van der Waals surface area contributed by atoms with Gasteiger partial charge >= 0.3 is 5.97 Å². The van der Waals surface area contributed by atoms with Crippen molar-refractivity contribution < 1.29 is 14.6 Å². The lowest BCUT2D eigenvalue weighted by Crippen LogP contribution is -2.22.